The molecule has 12 heavy (non-hydrogen) atoms. The number of rotatable bonds is 2. The number of hydrogen-bond acceptors (Lipinski definition) is 1. The van der Waals surface area contributed by atoms with Gasteiger partial charge in [0.15, 0.2) is 0 Å². The summed E-state index contributed by atoms with van der Waals surface area (Å²) in [6.45, 7) is 6.34. The van der Waals surface area contributed by atoms with E-state index in [0.29, 0.717) is 5.92 Å². The summed E-state index contributed by atoms with van der Waals surface area (Å²) in [7, 11) is 0. The Morgan fingerprint density at radius 1 is 1.17 bits per heavy atom. The molecule has 0 amide bonds. The average molecular weight is 178 g/mol. The van der Waals surface area contributed by atoms with E-state index in [-0.39, 0.29) is 0 Å². The summed E-state index contributed by atoms with van der Waals surface area (Å²) in [5.74, 6) is 0.461. The van der Waals surface area contributed by atoms with Crippen molar-refractivity contribution in [1.29, 1.82) is 0 Å². The molecule has 0 aromatic heterocycles. The van der Waals surface area contributed by atoms with Crippen LogP contribution >= 0.6 is 12.2 Å². The predicted molar refractivity (Wildman–Crippen MR) is 57.7 cm³/mol. The van der Waals surface area contributed by atoms with Gasteiger partial charge in [-0.15, -0.1) is 0 Å². The van der Waals surface area contributed by atoms with Crippen molar-refractivity contribution < 1.29 is 0 Å². The second-order valence-electron chi connectivity index (χ2n) is 3.38. The minimum Gasteiger partial charge on any atom is -0.0840 e. The summed E-state index contributed by atoms with van der Waals surface area (Å²) in [6.07, 6.45) is 0. The van der Waals surface area contributed by atoms with Crippen molar-refractivity contribution >= 4 is 17.1 Å². The number of benzene rings is 1. The smallest absolute Gasteiger partial charge is 0.0249 e. The maximum Gasteiger partial charge on any atom is 0.0249 e. The summed E-state index contributed by atoms with van der Waals surface area (Å²) < 4.78 is 0. The number of thiocarbonyl (C=S) groups is 1. The lowest BCUT2D eigenvalue weighted by molar-refractivity contribution is 0.902. The minimum atomic E-state index is 0.461. The minimum absolute atomic E-state index is 0.461. The second kappa shape index (κ2) is 3.81. The van der Waals surface area contributed by atoms with Crippen molar-refractivity contribution in [3.63, 3.8) is 0 Å². The van der Waals surface area contributed by atoms with Gasteiger partial charge in [0.25, 0.3) is 0 Å². The van der Waals surface area contributed by atoms with Gasteiger partial charge < -0.3 is 0 Å². The highest BCUT2D eigenvalue weighted by molar-refractivity contribution is 7.80. The summed E-state index contributed by atoms with van der Waals surface area (Å²) in [5, 5.41) is 0. The molecule has 0 heterocycles. The Balaban J connectivity index is 2.90. The van der Waals surface area contributed by atoms with Gasteiger partial charge in [-0.3, -0.25) is 0 Å². The Kier molecular flexibility index (Phi) is 2.99. The van der Waals surface area contributed by atoms with Crippen LogP contribution in [0.25, 0.3) is 0 Å². The van der Waals surface area contributed by atoms with E-state index in [1.165, 1.54) is 11.1 Å². The fourth-order valence-electron chi connectivity index (χ4n) is 1.05. The molecule has 0 bridgehead atoms. The molecule has 0 aliphatic carbocycles. The second-order valence-corrected chi connectivity index (χ2v) is 3.82. The van der Waals surface area contributed by atoms with E-state index in [2.05, 4.69) is 45.0 Å². The summed E-state index contributed by atoms with van der Waals surface area (Å²) in [4.78, 5) is 1.05. The molecule has 1 rings (SSSR count). The van der Waals surface area contributed by atoms with Gasteiger partial charge in [0.2, 0.25) is 0 Å². The number of hydrogen-bond donors (Lipinski definition) is 0. The van der Waals surface area contributed by atoms with Crippen LogP contribution in [0.1, 0.15) is 25.0 Å². The van der Waals surface area contributed by atoms with Crippen molar-refractivity contribution in [3.8, 4) is 0 Å². The highest BCUT2D eigenvalue weighted by atomic mass is 32.1. The van der Waals surface area contributed by atoms with Crippen LogP contribution in [0.4, 0.5) is 0 Å². The van der Waals surface area contributed by atoms with Gasteiger partial charge >= 0.3 is 0 Å². The zero-order valence-corrected chi connectivity index (χ0v) is 8.61. The van der Waals surface area contributed by atoms with Gasteiger partial charge in [0.05, 0.1) is 0 Å². The Hall–Kier alpha value is -0.690. The molecule has 1 aromatic rings. The Bertz CT molecular complexity index is 270. The molecule has 1 aromatic carbocycles. The third kappa shape index (κ3) is 2.15. The van der Waals surface area contributed by atoms with Gasteiger partial charge in [-0.1, -0.05) is 55.9 Å². The monoisotopic (exact) mass is 178 g/mol. The van der Waals surface area contributed by atoms with Crippen LogP contribution in [0.3, 0.4) is 0 Å². The number of aryl methyl sites for hydroxylation is 1. The van der Waals surface area contributed by atoms with Crippen LogP contribution in [0.5, 0.6) is 0 Å². The van der Waals surface area contributed by atoms with Crippen molar-refractivity contribution in [3.05, 3.63) is 35.4 Å². The Morgan fingerprint density at radius 2 is 1.67 bits per heavy atom. The molecular formula is C11H14S. The van der Waals surface area contributed by atoms with Crippen LogP contribution in [-0.2, 0) is 0 Å². The van der Waals surface area contributed by atoms with E-state index in [9.17, 15) is 0 Å². The molecule has 64 valence electrons. The zero-order chi connectivity index (χ0) is 9.14. The first-order valence-corrected chi connectivity index (χ1v) is 4.63. The largest absolute Gasteiger partial charge is 0.0840 e. The van der Waals surface area contributed by atoms with Crippen molar-refractivity contribution in [2.45, 2.75) is 20.8 Å². The molecular weight excluding hydrogens is 164 g/mol. The van der Waals surface area contributed by atoms with Crippen LogP contribution in [0.2, 0.25) is 0 Å². The highest BCUT2D eigenvalue weighted by Gasteiger charge is 2.04. The van der Waals surface area contributed by atoms with Crippen LogP contribution in [0, 0.1) is 12.8 Å². The first-order valence-electron chi connectivity index (χ1n) is 4.22. The van der Waals surface area contributed by atoms with E-state index in [4.69, 9.17) is 12.2 Å². The van der Waals surface area contributed by atoms with Gasteiger partial charge in [-0.25, -0.2) is 0 Å². The van der Waals surface area contributed by atoms with Crippen molar-refractivity contribution in [2.75, 3.05) is 0 Å². The molecule has 0 nitrogen and oxygen atoms in total. The molecule has 0 aliphatic heterocycles. The van der Waals surface area contributed by atoms with E-state index >= 15 is 0 Å². The lowest BCUT2D eigenvalue weighted by atomic mass is 10.0. The van der Waals surface area contributed by atoms with E-state index in [1.54, 1.807) is 0 Å². The lowest BCUT2D eigenvalue weighted by Gasteiger charge is -2.06. The van der Waals surface area contributed by atoms with Crippen LogP contribution < -0.4 is 0 Å². The predicted octanol–water partition coefficient (Wildman–Crippen LogP) is 3.37. The molecule has 0 saturated carbocycles. The van der Waals surface area contributed by atoms with Crippen molar-refractivity contribution in [1.82, 2.24) is 0 Å². The summed E-state index contributed by atoms with van der Waals surface area (Å²) in [6, 6.07) is 8.39. The standard InChI is InChI=1S/C11H14S/c1-8(2)11(12)10-6-4-9(3)5-7-10/h4-8H,1-3H3. The lowest BCUT2D eigenvalue weighted by Crippen LogP contribution is -2.05. The van der Waals surface area contributed by atoms with Gasteiger partial charge in [-0.2, -0.15) is 0 Å². The van der Waals surface area contributed by atoms with E-state index < -0.39 is 0 Å². The SMILES string of the molecule is Cc1ccc(C(=S)C(C)C)cc1. The maximum absolute atomic E-state index is 5.29. The zero-order valence-electron chi connectivity index (χ0n) is 7.79. The molecule has 0 N–H and O–H groups in total. The normalized spacial score (nSPS) is 10.3. The van der Waals surface area contributed by atoms with Crippen LogP contribution in [0.15, 0.2) is 24.3 Å². The van der Waals surface area contributed by atoms with Crippen molar-refractivity contribution in [2.24, 2.45) is 5.92 Å². The molecule has 1 heteroatoms. The van der Waals surface area contributed by atoms with Gasteiger partial charge in [0.1, 0.15) is 0 Å². The summed E-state index contributed by atoms with van der Waals surface area (Å²) in [5.41, 5.74) is 2.47. The highest BCUT2D eigenvalue weighted by Crippen LogP contribution is 2.10. The molecule has 0 radical (unpaired) electrons. The van der Waals surface area contributed by atoms with Crippen LogP contribution in [-0.4, -0.2) is 4.86 Å². The Morgan fingerprint density at radius 3 is 2.08 bits per heavy atom. The fraction of sp³-hybridized carbons (Fsp3) is 0.364. The fourth-order valence-corrected chi connectivity index (χ4v) is 1.19. The molecule has 0 fully saturated rings. The van der Waals surface area contributed by atoms with E-state index in [1.807, 2.05) is 0 Å². The third-order valence-corrected chi connectivity index (χ3v) is 2.57. The van der Waals surface area contributed by atoms with E-state index in [0.717, 1.165) is 4.86 Å². The third-order valence-electron chi connectivity index (χ3n) is 1.86. The molecule has 0 saturated heterocycles. The molecule has 0 unspecified atom stereocenters. The Labute approximate surface area is 79.6 Å². The molecule has 0 aliphatic rings. The first-order chi connectivity index (χ1) is 5.61. The summed E-state index contributed by atoms with van der Waals surface area (Å²) >= 11 is 5.29. The first kappa shape index (κ1) is 9.40. The molecule has 0 atom stereocenters. The van der Waals surface area contributed by atoms with Gasteiger partial charge in [0, 0.05) is 4.86 Å². The maximum atomic E-state index is 5.29. The quantitative estimate of drug-likeness (QED) is 0.494. The molecule has 0 spiro atoms. The van der Waals surface area contributed by atoms with Gasteiger partial charge in [-0.05, 0) is 18.4 Å². The topological polar surface area (TPSA) is 0 Å². The average Bonchev–Trinajstić information content (AvgIpc) is 2.04.